The van der Waals surface area contributed by atoms with Crippen molar-refractivity contribution in [2.24, 2.45) is 11.1 Å². The summed E-state index contributed by atoms with van der Waals surface area (Å²) in [5, 5.41) is 4.08. The van der Waals surface area contributed by atoms with Crippen molar-refractivity contribution >= 4 is 11.7 Å². The van der Waals surface area contributed by atoms with E-state index >= 15 is 0 Å². The van der Waals surface area contributed by atoms with Crippen LogP contribution in [-0.4, -0.2) is 31.3 Å². The molecule has 1 N–H and O–H groups in total. The second-order valence-electron chi connectivity index (χ2n) is 5.38. The van der Waals surface area contributed by atoms with Crippen molar-refractivity contribution in [3.8, 4) is 0 Å². The number of nitrogens with one attached hydrogen (secondary N) is 1. The van der Waals surface area contributed by atoms with E-state index in [-0.39, 0.29) is 18.4 Å². The number of carbonyl (C=O) groups is 1. The zero-order valence-corrected chi connectivity index (χ0v) is 12.9. The summed E-state index contributed by atoms with van der Waals surface area (Å²) in [7, 11) is 2.19. The third kappa shape index (κ3) is 4.05. The van der Waals surface area contributed by atoms with Gasteiger partial charge >= 0.3 is 5.97 Å². The molecule has 3 unspecified atom stereocenters. The highest BCUT2D eigenvalue weighted by molar-refractivity contribution is 5.91. The summed E-state index contributed by atoms with van der Waals surface area (Å²) in [6.45, 7) is 5.35. The monoisotopic (exact) mass is 296 g/mol. The van der Waals surface area contributed by atoms with Gasteiger partial charge in [-0.05, 0) is 19.1 Å². The first-order valence-electron chi connectivity index (χ1n) is 6.73. The molecule has 2 rings (SSSR count). The molecule has 20 heavy (non-hydrogen) atoms. The number of hydrogen-bond donors (Lipinski definition) is 1. The Morgan fingerprint density at radius 1 is 1.30 bits per heavy atom. The highest BCUT2D eigenvalue weighted by Gasteiger charge is 2.29. The average Bonchev–Trinajstić information content (AvgIpc) is 2.42. The summed E-state index contributed by atoms with van der Waals surface area (Å²) < 4.78 is 0. The molecule has 1 aromatic rings. The molecule has 0 spiro atoms. The zero-order valence-electron chi connectivity index (χ0n) is 12.1. The smallest absolute Gasteiger partial charge is 0.365 e. The molecule has 0 amide bonds. The van der Waals surface area contributed by atoms with E-state index < -0.39 is 0 Å². The van der Waals surface area contributed by atoms with Gasteiger partial charge in [0.1, 0.15) is 0 Å². The maximum Gasteiger partial charge on any atom is 0.365 e. The fourth-order valence-electron chi connectivity index (χ4n) is 2.35. The molecule has 3 atom stereocenters. The minimum absolute atomic E-state index is 0. The van der Waals surface area contributed by atoms with E-state index in [1.165, 1.54) is 4.90 Å². The van der Waals surface area contributed by atoms with Crippen LogP contribution in [0.5, 0.6) is 0 Å². The largest absolute Gasteiger partial charge is 1.00 e. The maximum absolute atomic E-state index is 11.8. The number of oxime groups is 1. The molecule has 0 saturated carbocycles. The predicted octanol–water partition coefficient (Wildman–Crippen LogP) is -1.85. The Hall–Kier alpha value is -1.39. The van der Waals surface area contributed by atoms with E-state index in [1.54, 1.807) is 12.1 Å². The minimum Gasteiger partial charge on any atom is -1.00 e. The number of carbonyl (C=O) groups excluding carboxylic acids is 1. The molecule has 0 aromatic heterocycles. The van der Waals surface area contributed by atoms with Crippen LogP contribution in [0.15, 0.2) is 35.5 Å². The Balaban J connectivity index is 0.00000200. The van der Waals surface area contributed by atoms with Crippen molar-refractivity contribution in [2.75, 3.05) is 13.6 Å². The van der Waals surface area contributed by atoms with Crippen LogP contribution in [-0.2, 0) is 4.84 Å². The van der Waals surface area contributed by atoms with Crippen molar-refractivity contribution in [1.82, 2.24) is 0 Å². The van der Waals surface area contributed by atoms with Gasteiger partial charge in [-0.3, -0.25) is 0 Å². The number of likely N-dealkylation sites (tertiary alicyclic amines) is 1. The Bertz CT molecular complexity index is 476. The third-order valence-electron chi connectivity index (χ3n) is 3.81. The van der Waals surface area contributed by atoms with E-state index in [0.29, 0.717) is 17.5 Å². The van der Waals surface area contributed by atoms with Crippen LogP contribution in [0.2, 0.25) is 0 Å². The Labute approximate surface area is 126 Å². The normalized spacial score (nSPS) is 27.8. The zero-order chi connectivity index (χ0) is 13.8. The molecule has 0 radical (unpaired) electrons. The van der Waals surface area contributed by atoms with Gasteiger partial charge in [-0.1, -0.05) is 30.3 Å². The highest BCUT2D eigenvalue weighted by Crippen LogP contribution is 2.09. The van der Waals surface area contributed by atoms with Crippen molar-refractivity contribution in [3.63, 3.8) is 0 Å². The second-order valence-corrected chi connectivity index (χ2v) is 5.38. The fourth-order valence-corrected chi connectivity index (χ4v) is 2.35. The number of piperidine rings is 1. The highest BCUT2D eigenvalue weighted by atomic mass is 35.5. The molecule has 1 fully saturated rings. The van der Waals surface area contributed by atoms with Gasteiger partial charge in [0, 0.05) is 12.3 Å². The van der Waals surface area contributed by atoms with Crippen LogP contribution in [0.25, 0.3) is 0 Å². The second kappa shape index (κ2) is 7.41. The Kier molecular flexibility index (Phi) is 6.17. The summed E-state index contributed by atoms with van der Waals surface area (Å²) in [4.78, 5) is 18.4. The summed E-state index contributed by atoms with van der Waals surface area (Å²) >= 11 is 0. The lowest BCUT2D eigenvalue weighted by molar-refractivity contribution is -0.908. The van der Waals surface area contributed by atoms with E-state index in [9.17, 15) is 4.79 Å². The molecule has 0 aliphatic carbocycles. The van der Waals surface area contributed by atoms with Crippen LogP contribution < -0.4 is 17.3 Å². The molecule has 110 valence electrons. The van der Waals surface area contributed by atoms with E-state index in [0.717, 1.165) is 18.7 Å². The van der Waals surface area contributed by atoms with Gasteiger partial charge in [-0.25, -0.2) is 4.79 Å². The number of hydrogen-bond acceptors (Lipinski definition) is 3. The Morgan fingerprint density at radius 2 is 1.95 bits per heavy atom. The molecular formula is C15H21ClN2O2. The van der Waals surface area contributed by atoms with Crippen molar-refractivity contribution in [3.05, 3.63) is 35.9 Å². The van der Waals surface area contributed by atoms with Crippen molar-refractivity contribution in [1.29, 1.82) is 0 Å². The van der Waals surface area contributed by atoms with Gasteiger partial charge in [0.25, 0.3) is 0 Å². The quantitative estimate of drug-likeness (QED) is 0.514. The first-order valence-corrected chi connectivity index (χ1v) is 6.73. The van der Waals surface area contributed by atoms with Crippen LogP contribution in [0.4, 0.5) is 0 Å². The molecule has 1 aliphatic rings. The molecule has 1 heterocycles. The maximum atomic E-state index is 11.8. The van der Waals surface area contributed by atoms with Crippen LogP contribution in [0.3, 0.4) is 0 Å². The van der Waals surface area contributed by atoms with Crippen molar-refractivity contribution < 1.29 is 26.9 Å². The van der Waals surface area contributed by atoms with Gasteiger partial charge in [-0.15, -0.1) is 0 Å². The minimum atomic E-state index is -0.390. The van der Waals surface area contributed by atoms with Gasteiger partial charge < -0.3 is 22.1 Å². The SMILES string of the molecule is CC1C[NH+](C)C(C)C/C1=N/OC(=O)c1ccccc1.[Cl-]. The molecule has 4 nitrogen and oxygen atoms in total. The van der Waals surface area contributed by atoms with Gasteiger partial charge in [0.05, 0.1) is 30.9 Å². The third-order valence-corrected chi connectivity index (χ3v) is 3.81. The lowest BCUT2D eigenvalue weighted by Gasteiger charge is -2.31. The number of quaternary nitrogens is 1. The average molecular weight is 297 g/mol. The van der Waals surface area contributed by atoms with Gasteiger partial charge in [0.2, 0.25) is 0 Å². The summed E-state index contributed by atoms with van der Waals surface area (Å²) in [5.41, 5.74) is 1.52. The van der Waals surface area contributed by atoms with Crippen molar-refractivity contribution in [2.45, 2.75) is 26.3 Å². The number of nitrogens with zero attached hydrogens (tertiary/aromatic N) is 1. The van der Waals surface area contributed by atoms with Crippen LogP contribution >= 0.6 is 0 Å². The summed E-state index contributed by atoms with van der Waals surface area (Å²) in [5.74, 6) is -0.0287. The first kappa shape index (κ1) is 16.7. The fraction of sp³-hybridized carbons (Fsp3) is 0.467. The first-order chi connectivity index (χ1) is 9.08. The standard InChI is InChI=1S/C15H20N2O2.ClH/c1-11-10-17(3)12(2)9-14(11)16-19-15(18)13-7-5-4-6-8-13;/h4-8,11-12H,9-10H2,1-3H3;1H/b16-14-;. The topological polar surface area (TPSA) is 43.1 Å². The Morgan fingerprint density at radius 3 is 2.60 bits per heavy atom. The van der Waals surface area contributed by atoms with E-state index in [1.807, 2.05) is 18.2 Å². The molecule has 0 bridgehead atoms. The number of halogens is 1. The molecule has 1 aliphatic heterocycles. The van der Waals surface area contributed by atoms with Gasteiger partial charge in [-0.2, -0.15) is 0 Å². The molecule has 5 heteroatoms. The number of rotatable bonds is 2. The molecular weight excluding hydrogens is 276 g/mol. The van der Waals surface area contributed by atoms with E-state index in [4.69, 9.17) is 4.84 Å². The summed E-state index contributed by atoms with van der Waals surface area (Å²) in [6.07, 6.45) is 0.884. The number of benzene rings is 1. The van der Waals surface area contributed by atoms with E-state index in [2.05, 4.69) is 26.1 Å². The van der Waals surface area contributed by atoms with Crippen LogP contribution in [0, 0.1) is 5.92 Å². The molecule has 1 saturated heterocycles. The summed E-state index contributed by atoms with van der Waals surface area (Å²) in [6, 6.07) is 9.47. The molecule has 1 aromatic carbocycles. The lowest BCUT2D eigenvalue weighted by Crippen LogP contribution is -3.14. The van der Waals surface area contributed by atoms with Gasteiger partial charge in [0.15, 0.2) is 0 Å². The lowest BCUT2D eigenvalue weighted by atomic mass is 9.93. The van der Waals surface area contributed by atoms with Crippen LogP contribution in [0.1, 0.15) is 30.6 Å². The predicted molar refractivity (Wildman–Crippen MR) is 74.3 cm³/mol.